The Morgan fingerprint density at radius 1 is 1.16 bits per heavy atom. The van der Waals surface area contributed by atoms with E-state index in [-0.39, 0.29) is 16.9 Å². The monoisotopic (exact) mass is 366 g/mol. The lowest BCUT2D eigenvalue weighted by Gasteiger charge is -2.20. The Bertz CT molecular complexity index is 691. The minimum absolute atomic E-state index is 0.0629. The van der Waals surface area contributed by atoms with Gasteiger partial charge in [-0.25, -0.2) is 8.42 Å². The lowest BCUT2D eigenvalue weighted by Crippen LogP contribution is -2.33. The summed E-state index contributed by atoms with van der Waals surface area (Å²) in [5.74, 6) is -0.261. The van der Waals surface area contributed by atoms with E-state index in [0.717, 1.165) is 45.1 Å². The molecule has 0 aromatic heterocycles. The molecule has 1 amide bonds. The van der Waals surface area contributed by atoms with Gasteiger partial charge in [-0.3, -0.25) is 4.79 Å². The minimum atomic E-state index is -3.54. The third kappa shape index (κ3) is 4.59. The molecule has 0 bridgehead atoms. The topological polar surface area (TPSA) is 75.7 Å². The van der Waals surface area contributed by atoms with Crippen molar-refractivity contribution in [3.05, 3.63) is 29.8 Å². The Morgan fingerprint density at radius 3 is 2.60 bits per heavy atom. The zero-order valence-electron chi connectivity index (χ0n) is 14.4. The summed E-state index contributed by atoms with van der Waals surface area (Å²) in [6.45, 7) is 2.31. The molecule has 2 aliphatic rings. The number of nitrogens with zero attached hydrogens (tertiary/aromatic N) is 1. The average Bonchev–Trinajstić information content (AvgIpc) is 2.99. The number of hydrogen-bond donors (Lipinski definition) is 1. The number of hydrogen-bond acceptors (Lipinski definition) is 4. The van der Waals surface area contributed by atoms with Gasteiger partial charge in [0.2, 0.25) is 10.0 Å². The molecule has 0 saturated carbocycles. The first-order valence-corrected chi connectivity index (χ1v) is 10.5. The van der Waals surface area contributed by atoms with E-state index in [1.807, 2.05) is 0 Å². The summed E-state index contributed by atoms with van der Waals surface area (Å²) in [5, 5.41) is 2.84. The highest BCUT2D eigenvalue weighted by Crippen LogP contribution is 2.21. The van der Waals surface area contributed by atoms with Gasteiger partial charge in [-0.05, 0) is 43.9 Å². The Balaban J connectivity index is 1.70. The number of rotatable bonds is 5. The minimum Gasteiger partial charge on any atom is -0.376 e. The molecule has 1 aromatic rings. The van der Waals surface area contributed by atoms with Crippen LogP contribution in [0.25, 0.3) is 0 Å². The Kier molecular flexibility index (Phi) is 6.09. The van der Waals surface area contributed by atoms with Crippen molar-refractivity contribution in [2.45, 2.75) is 49.5 Å². The van der Waals surface area contributed by atoms with Crippen LogP contribution in [-0.2, 0) is 14.8 Å². The number of sulfonamides is 1. The number of benzene rings is 1. The third-order valence-corrected chi connectivity index (χ3v) is 6.71. The summed E-state index contributed by atoms with van der Waals surface area (Å²) in [7, 11) is -3.54. The van der Waals surface area contributed by atoms with Crippen molar-refractivity contribution in [1.82, 2.24) is 9.62 Å². The molecule has 1 aromatic carbocycles. The average molecular weight is 366 g/mol. The van der Waals surface area contributed by atoms with Gasteiger partial charge in [0.1, 0.15) is 0 Å². The standard InChI is InChI=1S/C18H26N2O4S/c21-18(19-14-16-8-6-12-24-16)15-7-5-9-17(13-15)25(22,23)20-10-3-1-2-4-11-20/h5,7,9,13,16H,1-4,6,8,10-12,14H2,(H,19,21)/t16-/m1/s1. The molecule has 1 atom stereocenters. The largest absolute Gasteiger partial charge is 0.376 e. The second-order valence-electron chi connectivity index (χ2n) is 6.69. The van der Waals surface area contributed by atoms with Crippen LogP contribution in [0.4, 0.5) is 0 Å². The molecule has 2 fully saturated rings. The molecule has 2 aliphatic heterocycles. The maximum absolute atomic E-state index is 12.9. The van der Waals surface area contributed by atoms with Gasteiger partial charge in [-0.1, -0.05) is 18.9 Å². The van der Waals surface area contributed by atoms with E-state index in [2.05, 4.69) is 5.32 Å². The molecule has 0 unspecified atom stereocenters. The molecule has 0 aliphatic carbocycles. The molecular weight excluding hydrogens is 340 g/mol. The summed E-state index contributed by atoms with van der Waals surface area (Å²) < 4.78 is 32.7. The van der Waals surface area contributed by atoms with Crippen LogP contribution in [0.3, 0.4) is 0 Å². The van der Waals surface area contributed by atoms with Crippen molar-refractivity contribution in [2.75, 3.05) is 26.2 Å². The smallest absolute Gasteiger partial charge is 0.251 e. The predicted molar refractivity (Wildman–Crippen MR) is 95.0 cm³/mol. The molecule has 2 saturated heterocycles. The molecule has 138 valence electrons. The Labute approximate surface area is 149 Å². The van der Waals surface area contributed by atoms with E-state index in [4.69, 9.17) is 4.74 Å². The van der Waals surface area contributed by atoms with E-state index in [1.165, 1.54) is 6.07 Å². The predicted octanol–water partition coefficient (Wildman–Crippen LogP) is 2.16. The van der Waals surface area contributed by atoms with Gasteiger partial charge in [0.25, 0.3) is 5.91 Å². The van der Waals surface area contributed by atoms with Crippen molar-refractivity contribution in [1.29, 1.82) is 0 Å². The van der Waals surface area contributed by atoms with Gasteiger partial charge in [0.05, 0.1) is 11.0 Å². The van der Waals surface area contributed by atoms with Crippen molar-refractivity contribution >= 4 is 15.9 Å². The number of amides is 1. The Hall–Kier alpha value is -1.44. The SMILES string of the molecule is O=C(NC[C@H]1CCCO1)c1cccc(S(=O)(=O)N2CCCCCC2)c1. The molecule has 7 heteroatoms. The second-order valence-corrected chi connectivity index (χ2v) is 8.63. The van der Waals surface area contributed by atoms with Crippen LogP contribution in [0.15, 0.2) is 29.2 Å². The zero-order chi connectivity index (χ0) is 17.7. The molecule has 2 heterocycles. The number of nitrogens with one attached hydrogen (secondary N) is 1. The maximum atomic E-state index is 12.9. The van der Waals surface area contributed by atoms with Crippen LogP contribution in [0.2, 0.25) is 0 Å². The summed E-state index contributed by atoms with van der Waals surface area (Å²) in [6.07, 6.45) is 5.94. The van der Waals surface area contributed by atoms with Gasteiger partial charge in [-0.15, -0.1) is 0 Å². The van der Waals surface area contributed by atoms with E-state index < -0.39 is 10.0 Å². The van der Waals surface area contributed by atoms with Gasteiger partial charge >= 0.3 is 0 Å². The van der Waals surface area contributed by atoms with Crippen molar-refractivity contribution in [3.8, 4) is 0 Å². The highest BCUT2D eigenvalue weighted by atomic mass is 32.2. The fourth-order valence-electron chi connectivity index (χ4n) is 3.34. The summed E-state index contributed by atoms with van der Waals surface area (Å²) in [5.41, 5.74) is 0.369. The maximum Gasteiger partial charge on any atom is 0.251 e. The van der Waals surface area contributed by atoms with Gasteiger partial charge in [-0.2, -0.15) is 4.31 Å². The fraction of sp³-hybridized carbons (Fsp3) is 0.611. The van der Waals surface area contributed by atoms with Crippen molar-refractivity contribution in [2.24, 2.45) is 0 Å². The second kappa shape index (κ2) is 8.29. The molecular formula is C18H26N2O4S. The fourth-order valence-corrected chi connectivity index (χ4v) is 4.91. The number of carbonyl (C=O) groups is 1. The lowest BCUT2D eigenvalue weighted by atomic mass is 10.2. The zero-order valence-corrected chi connectivity index (χ0v) is 15.3. The van der Waals surface area contributed by atoms with Crippen molar-refractivity contribution in [3.63, 3.8) is 0 Å². The lowest BCUT2D eigenvalue weighted by molar-refractivity contribution is 0.0857. The van der Waals surface area contributed by atoms with Crippen LogP contribution in [0.5, 0.6) is 0 Å². The van der Waals surface area contributed by atoms with Crippen LogP contribution in [0, 0.1) is 0 Å². The van der Waals surface area contributed by atoms with E-state index in [9.17, 15) is 13.2 Å². The van der Waals surface area contributed by atoms with E-state index in [1.54, 1.807) is 22.5 Å². The quantitative estimate of drug-likeness (QED) is 0.866. The van der Waals surface area contributed by atoms with Crippen LogP contribution >= 0.6 is 0 Å². The first-order valence-electron chi connectivity index (χ1n) is 9.07. The molecule has 6 nitrogen and oxygen atoms in total. The molecule has 0 spiro atoms. The highest BCUT2D eigenvalue weighted by molar-refractivity contribution is 7.89. The summed E-state index contributed by atoms with van der Waals surface area (Å²) in [6, 6.07) is 6.32. The van der Waals surface area contributed by atoms with Crippen LogP contribution in [0.1, 0.15) is 48.9 Å². The van der Waals surface area contributed by atoms with Gasteiger partial charge < -0.3 is 10.1 Å². The van der Waals surface area contributed by atoms with E-state index >= 15 is 0 Å². The number of ether oxygens (including phenoxy) is 1. The Morgan fingerprint density at radius 2 is 1.92 bits per heavy atom. The summed E-state index contributed by atoms with van der Waals surface area (Å²) >= 11 is 0. The first kappa shape index (κ1) is 18.4. The first-order chi connectivity index (χ1) is 12.1. The van der Waals surface area contributed by atoms with Crippen LogP contribution < -0.4 is 5.32 Å². The molecule has 25 heavy (non-hydrogen) atoms. The molecule has 3 rings (SSSR count). The summed E-state index contributed by atoms with van der Waals surface area (Å²) in [4.78, 5) is 12.5. The van der Waals surface area contributed by atoms with Crippen molar-refractivity contribution < 1.29 is 17.9 Å². The van der Waals surface area contributed by atoms with E-state index in [0.29, 0.717) is 25.2 Å². The van der Waals surface area contributed by atoms with Gasteiger partial charge in [0, 0.05) is 31.8 Å². The number of carbonyl (C=O) groups excluding carboxylic acids is 1. The van der Waals surface area contributed by atoms with Crippen LogP contribution in [-0.4, -0.2) is 51.0 Å². The third-order valence-electron chi connectivity index (χ3n) is 4.81. The van der Waals surface area contributed by atoms with Gasteiger partial charge in [0.15, 0.2) is 0 Å². The normalized spacial score (nSPS) is 22.5. The molecule has 0 radical (unpaired) electrons. The molecule has 1 N–H and O–H groups in total. The highest BCUT2D eigenvalue weighted by Gasteiger charge is 2.26.